The van der Waals surface area contributed by atoms with Crippen LogP contribution in [0.25, 0.3) is 32.3 Å². The SMILES string of the molecule is [c]1ccc2c(c1)c[c]c1c3ccccc3ccc12. The van der Waals surface area contributed by atoms with Crippen molar-refractivity contribution in [1.82, 2.24) is 0 Å². The third-order valence-corrected chi connectivity index (χ3v) is 3.49. The van der Waals surface area contributed by atoms with Crippen molar-refractivity contribution < 1.29 is 0 Å². The predicted molar refractivity (Wildman–Crippen MR) is 76.6 cm³/mol. The van der Waals surface area contributed by atoms with Crippen molar-refractivity contribution in [3.8, 4) is 0 Å². The van der Waals surface area contributed by atoms with Crippen LogP contribution in [0.3, 0.4) is 0 Å². The first-order valence-corrected chi connectivity index (χ1v) is 6.05. The third kappa shape index (κ3) is 1.26. The van der Waals surface area contributed by atoms with Crippen LogP contribution in [0.15, 0.2) is 60.7 Å². The molecule has 4 aromatic carbocycles. The summed E-state index contributed by atoms with van der Waals surface area (Å²) in [5, 5.41) is 7.47. The molecule has 0 heteroatoms. The lowest BCUT2D eigenvalue weighted by atomic mass is 9.97. The Kier molecular flexibility index (Phi) is 1.92. The van der Waals surface area contributed by atoms with Gasteiger partial charge in [0.25, 0.3) is 0 Å². The molecule has 0 bridgehead atoms. The summed E-state index contributed by atoms with van der Waals surface area (Å²) >= 11 is 0. The lowest BCUT2D eigenvalue weighted by Crippen LogP contribution is -1.80. The molecule has 0 saturated heterocycles. The summed E-state index contributed by atoms with van der Waals surface area (Å²) < 4.78 is 0. The highest BCUT2D eigenvalue weighted by molar-refractivity contribution is 6.16. The van der Waals surface area contributed by atoms with Gasteiger partial charge in [0.15, 0.2) is 0 Å². The van der Waals surface area contributed by atoms with E-state index < -0.39 is 0 Å². The second-order valence-electron chi connectivity index (χ2n) is 4.51. The van der Waals surface area contributed by atoms with E-state index in [9.17, 15) is 0 Å². The minimum Gasteiger partial charge on any atom is -0.0616 e. The maximum atomic E-state index is 3.42. The standard InChI is InChI=1S/C18H10/c1-3-7-15-13(5-1)9-11-18-16-8-4-2-6-14(16)10-12-17(15)18/h1,3-11H. The zero-order valence-corrected chi connectivity index (χ0v) is 9.77. The van der Waals surface area contributed by atoms with Crippen LogP contribution in [-0.2, 0) is 0 Å². The molecule has 0 N–H and O–H groups in total. The van der Waals surface area contributed by atoms with E-state index in [4.69, 9.17) is 0 Å². The molecular weight excluding hydrogens is 216 g/mol. The highest BCUT2D eigenvalue weighted by Crippen LogP contribution is 2.30. The lowest BCUT2D eigenvalue weighted by molar-refractivity contribution is 1.76. The van der Waals surface area contributed by atoms with Gasteiger partial charge in [-0.1, -0.05) is 48.5 Å². The Morgan fingerprint density at radius 1 is 0.667 bits per heavy atom. The second kappa shape index (κ2) is 3.58. The van der Waals surface area contributed by atoms with Gasteiger partial charge in [-0.2, -0.15) is 0 Å². The van der Waals surface area contributed by atoms with E-state index in [1.165, 1.54) is 32.3 Å². The monoisotopic (exact) mass is 226 g/mol. The number of hydrogen-bond donors (Lipinski definition) is 0. The van der Waals surface area contributed by atoms with Crippen molar-refractivity contribution in [3.63, 3.8) is 0 Å². The van der Waals surface area contributed by atoms with Gasteiger partial charge in [0.05, 0.1) is 0 Å². The van der Waals surface area contributed by atoms with Gasteiger partial charge in [-0.25, -0.2) is 0 Å². The fourth-order valence-electron chi connectivity index (χ4n) is 2.61. The molecule has 0 spiro atoms. The van der Waals surface area contributed by atoms with E-state index in [-0.39, 0.29) is 0 Å². The van der Waals surface area contributed by atoms with Crippen molar-refractivity contribution in [2.24, 2.45) is 0 Å². The Balaban J connectivity index is 2.31. The molecule has 4 aromatic rings. The van der Waals surface area contributed by atoms with Gasteiger partial charge in [0, 0.05) is 0 Å². The van der Waals surface area contributed by atoms with Gasteiger partial charge in [0.1, 0.15) is 0 Å². The van der Waals surface area contributed by atoms with Crippen LogP contribution in [0.1, 0.15) is 0 Å². The molecule has 4 rings (SSSR count). The van der Waals surface area contributed by atoms with Crippen LogP contribution < -0.4 is 0 Å². The maximum Gasteiger partial charge on any atom is -0.00201 e. The second-order valence-corrected chi connectivity index (χ2v) is 4.51. The summed E-state index contributed by atoms with van der Waals surface area (Å²) in [6, 6.07) is 27.5. The largest absolute Gasteiger partial charge is 0.0616 e. The van der Waals surface area contributed by atoms with Gasteiger partial charge in [0.2, 0.25) is 0 Å². The van der Waals surface area contributed by atoms with Gasteiger partial charge >= 0.3 is 0 Å². The summed E-state index contributed by atoms with van der Waals surface area (Å²) in [5.41, 5.74) is 0. The molecule has 2 radical (unpaired) electrons. The minimum atomic E-state index is 1.19. The molecule has 0 heterocycles. The first kappa shape index (κ1) is 9.67. The zero-order chi connectivity index (χ0) is 11.9. The molecular formula is C18H10. The van der Waals surface area contributed by atoms with Crippen molar-refractivity contribution in [3.05, 3.63) is 72.8 Å². The lowest BCUT2D eigenvalue weighted by Gasteiger charge is -2.06. The Morgan fingerprint density at radius 3 is 2.61 bits per heavy atom. The number of benzene rings is 4. The van der Waals surface area contributed by atoms with Crippen LogP contribution in [0.5, 0.6) is 0 Å². The summed E-state index contributed by atoms with van der Waals surface area (Å²) in [6.45, 7) is 0. The molecule has 0 aliphatic rings. The van der Waals surface area contributed by atoms with Crippen LogP contribution >= 0.6 is 0 Å². The van der Waals surface area contributed by atoms with E-state index in [2.05, 4.69) is 60.7 Å². The Labute approximate surface area is 105 Å². The van der Waals surface area contributed by atoms with Gasteiger partial charge < -0.3 is 0 Å². The van der Waals surface area contributed by atoms with E-state index in [0.717, 1.165) is 0 Å². The first-order chi connectivity index (χ1) is 8.93. The number of hydrogen-bond acceptors (Lipinski definition) is 0. The topological polar surface area (TPSA) is 0 Å². The fourth-order valence-corrected chi connectivity index (χ4v) is 2.61. The van der Waals surface area contributed by atoms with Crippen LogP contribution in [0.2, 0.25) is 0 Å². The smallest absolute Gasteiger partial charge is 0.00201 e. The zero-order valence-electron chi connectivity index (χ0n) is 9.77. The molecule has 0 fully saturated rings. The summed E-state index contributed by atoms with van der Waals surface area (Å²) in [5.74, 6) is 0. The average Bonchev–Trinajstić information content (AvgIpc) is 2.46. The number of rotatable bonds is 0. The van der Waals surface area contributed by atoms with Crippen molar-refractivity contribution in [2.45, 2.75) is 0 Å². The van der Waals surface area contributed by atoms with E-state index in [1.807, 2.05) is 12.1 Å². The summed E-state index contributed by atoms with van der Waals surface area (Å²) in [4.78, 5) is 0. The molecule has 82 valence electrons. The Morgan fingerprint density at radius 2 is 1.61 bits per heavy atom. The van der Waals surface area contributed by atoms with E-state index in [0.29, 0.717) is 0 Å². The minimum absolute atomic E-state index is 1.19. The van der Waals surface area contributed by atoms with Gasteiger partial charge in [-0.3, -0.25) is 0 Å². The molecule has 0 unspecified atom stereocenters. The fraction of sp³-hybridized carbons (Fsp3) is 0. The Bertz CT molecular complexity index is 797. The maximum absolute atomic E-state index is 3.42. The summed E-state index contributed by atoms with van der Waals surface area (Å²) in [7, 11) is 0. The van der Waals surface area contributed by atoms with Crippen LogP contribution in [0, 0.1) is 12.1 Å². The van der Waals surface area contributed by atoms with Crippen molar-refractivity contribution >= 4 is 32.3 Å². The average molecular weight is 226 g/mol. The van der Waals surface area contributed by atoms with Crippen molar-refractivity contribution in [1.29, 1.82) is 0 Å². The molecule has 0 saturated carbocycles. The molecule has 0 aliphatic carbocycles. The van der Waals surface area contributed by atoms with Gasteiger partial charge in [-0.05, 0) is 56.6 Å². The molecule has 18 heavy (non-hydrogen) atoms. The first-order valence-electron chi connectivity index (χ1n) is 6.05. The van der Waals surface area contributed by atoms with E-state index in [1.54, 1.807) is 0 Å². The van der Waals surface area contributed by atoms with Gasteiger partial charge in [-0.15, -0.1) is 0 Å². The molecule has 0 atom stereocenters. The molecule has 0 amide bonds. The van der Waals surface area contributed by atoms with Crippen LogP contribution in [-0.4, -0.2) is 0 Å². The highest BCUT2D eigenvalue weighted by Gasteiger charge is 2.03. The van der Waals surface area contributed by atoms with Crippen LogP contribution in [0.4, 0.5) is 0 Å². The van der Waals surface area contributed by atoms with Crippen molar-refractivity contribution in [2.75, 3.05) is 0 Å². The normalized spacial score (nSPS) is 11.3. The molecule has 0 aliphatic heterocycles. The van der Waals surface area contributed by atoms with E-state index >= 15 is 0 Å². The molecule has 0 nitrogen and oxygen atoms in total. The Hall–Kier alpha value is -2.34. The quantitative estimate of drug-likeness (QED) is 0.380. The summed E-state index contributed by atoms with van der Waals surface area (Å²) in [6.07, 6.45) is 0. The number of fused-ring (bicyclic) bond motifs is 5. The highest BCUT2D eigenvalue weighted by atomic mass is 14.1. The molecule has 0 aromatic heterocycles. The predicted octanol–water partition coefficient (Wildman–Crippen LogP) is 4.75. The third-order valence-electron chi connectivity index (χ3n) is 3.49.